The van der Waals surface area contributed by atoms with E-state index in [1.807, 2.05) is 4.90 Å². The van der Waals surface area contributed by atoms with Crippen molar-refractivity contribution in [3.05, 3.63) is 28.3 Å². The van der Waals surface area contributed by atoms with Crippen molar-refractivity contribution in [2.24, 2.45) is 5.41 Å². The third kappa shape index (κ3) is 5.40. The van der Waals surface area contributed by atoms with E-state index in [0.29, 0.717) is 18.8 Å². The number of hydrogen-bond donors (Lipinski definition) is 0. The van der Waals surface area contributed by atoms with Crippen molar-refractivity contribution in [1.82, 2.24) is 4.90 Å². The van der Waals surface area contributed by atoms with Gasteiger partial charge in [-0.15, -0.1) is 0 Å². The molecule has 0 spiro atoms. The van der Waals surface area contributed by atoms with Gasteiger partial charge >= 0.3 is 0 Å². The van der Waals surface area contributed by atoms with Gasteiger partial charge in [0.1, 0.15) is 5.69 Å². The minimum absolute atomic E-state index is 0.0215. The van der Waals surface area contributed by atoms with Crippen LogP contribution in [0.25, 0.3) is 0 Å². The molecule has 0 saturated carbocycles. The summed E-state index contributed by atoms with van der Waals surface area (Å²) in [5, 5.41) is 11.4. The van der Waals surface area contributed by atoms with Gasteiger partial charge in [0.25, 0.3) is 5.69 Å². The summed E-state index contributed by atoms with van der Waals surface area (Å²) in [6, 6.07) is 4.17. The summed E-state index contributed by atoms with van der Waals surface area (Å²) in [6.07, 6.45) is 2.16. The lowest BCUT2D eigenvalue weighted by Gasteiger charge is -2.36. The first-order valence-electron chi connectivity index (χ1n) is 8.43. The van der Waals surface area contributed by atoms with Crippen LogP contribution in [0.3, 0.4) is 0 Å². The third-order valence-corrected chi connectivity index (χ3v) is 5.57. The van der Waals surface area contributed by atoms with Gasteiger partial charge in [0.15, 0.2) is 9.84 Å². The number of sulfone groups is 1. The highest BCUT2D eigenvalue weighted by Crippen LogP contribution is 2.31. The average molecular weight is 369 g/mol. The number of anilines is 1. The molecule has 8 heteroatoms. The van der Waals surface area contributed by atoms with Crippen molar-refractivity contribution in [3.8, 4) is 0 Å². The van der Waals surface area contributed by atoms with Gasteiger partial charge in [-0.2, -0.15) is 0 Å². The van der Waals surface area contributed by atoms with E-state index in [-0.39, 0.29) is 16.0 Å². The zero-order chi connectivity index (χ0) is 18.8. The molecule has 0 bridgehead atoms. The Kier molecular flexibility index (Phi) is 5.73. The molecule has 0 aliphatic carbocycles. The lowest BCUT2D eigenvalue weighted by atomic mass is 9.92. The first kappa shape index (κ1) is 19.7. The summed E-state index contributed by atoms with van der Waals surface area (Å²) in [5.41, 5.74) is 0.635. The standard InChI is InChI=1S/C17H27N3O4S/c1-17(2,3)7-8-18-9-11-19(12-10-18)15-6-5-14(25(4,23)24)13-16(15)20(21)22/h5-6,13H,7-12H2,1-4H3. The van der Waals surface area contributed by atoms with Gasteiger partial charge in [-0.05, 0) is 30.5 Å². The number of hydrogen-bond acceptors (Lipinski definition) is 6. The van der Waals surface area contributed by atoms with Gasteiger partial charge < -0.3 is 4.90 Å². The zero-order valence-electron chi connectivity index (χ0n) is 15.4. The zero-order valence-corrected chi connectivity index (χ0v) is 16.2. The lowest BCUT2D eigenvalue weighted by Crippen LogP contribution is -2.47. The van der Waals surface area contributed by atoms with E-state index in [1.165, 1.54) is 6.07 Å². The summed E-state index contributed by atoms with van der Waals surface area (Å²) >= 11 is 0. The van der Waals surface area contributed by atoms with E-state index >= 15 is 0 Å². The molecule has 0 aromatic heterocycles. The molecule has 0 radical (unpaired) electrons. The summed E-state index contributed by atoms with van der Waals surface area (Å²) in [4.78, 5) is 15.2. The van der Waals surface area contributed by atoms with Crippen molar-refractivity contribution in [2.75, 3.05) is 43.9 Å². The van der Waals surface area contributed by atoms with E-state index in [1.54, 1.807) is 6.07 Å². The number of nitrogens with zero attached hydrogens (tertiary/aromatic N) is 3. The lowest BCUT2D eigenvalue weighted by molar-refractivity contribution is -0.384. The second kappa shape index (κ2) is 7.29. The Morgan fingerprint density at radius 1 is 1.16 bits per heavy atom. The van der Waals surface area contributed by atoms with Crippen molar-refractivity contribution < 1.29 is 13.3 Å². The molecule has 1 heterocycles. The van der Waals surface area contributed by atoms with Crippen LogP contribution < -0.4 is 4.90 Å². The Morgan fingerprint density at radius 3 is 2.24 bits per heavy atom. The molecule has 0 atom stereocenters. The quantitative estimate of drug-likeness (QED) is 0.586. The highest BCUT2D eigenvalue weighted by molar-refractivity contribution is 7.90. The molecule has 1 saturated heterocycles. The van der Waals surface area contributed by atoms with Crippen molar-refractivity contribution >= 4 is 21.2 Å². The molecule has 1 fully saturated rings. The Bertz CT molecular complexity index is 733. The minimum atomic E-state index is -3.47. The fourth-order valence-electron chi connectivity index (χ4n) is 2.85. The van der Waals surface area contributed by atoms with E-state index < -0.39 is 14.8 Å². The molecule has 1 aliphatic rings. The first-order valence-corrected chi connectivity index (χ1v) is 10.3. The molecule has 140 valence electrons. The second-order valence-corrected chi connectivity index (χ2v) is 9.83. The molecule has 7 nitrogen and oxygen atoms in total. The van der Waals surface area contributed by atoms with E-state index in [2.05, 4.69) is 25.7 Å². The topological polar surface area (TPSA) is 83.8 Å². The largest absolute Gasteiger partial charge is 0.363 e. The maximum absolute atomic E-state index is 11.6. The predicted octanol–water partition coefficient (Wildman–Crippen LogP) is 2.56. The Hall–Kier alpha value is -1.67. The molecule has 2 rings (SSSR count). The van der Waals surface area contributed by atoms with Crippen LogP contribution in [0.2, 0.25) is 0 Å². The van der Waals surface area contributed by atoms with E-state index in [0.717, 1.165) is 38.4 Å². The molecule has 25 heavy (non-hydrogen) atoms. The summed E-state index contributed by atoms with van der Waals surface area (Å²) in [7, 11) is -3.47. The molecule has 0 N–H and O–H groups in total. The van der Waals surface area contributed by atoms with Gasteiger partial charge in [-0.3, -0.25) is 15.0 Å². The van der Waals surface area contributed by atoms with Gasteiger partial charge in [-0.1, -0.05) is 20.8 Å². The fourth-order valence-corrected chi connectivity index (χ4v) is 3.49. The Morgan fingerprint density at radius 2 is 1.76 bits per heavy atom. The number of benzene rings is 1. The van der Waals surface area contributed by atoms with Crippen molar-refractivity contribution in [1.29, 1.82) is 0 Å². The highest BCUT2D eigenvalue weighted by atomic mass is 32.2. The Labute approximate surface area is 149 Å². The maximum Gasteiger partial charge on any atom is 0.293 e. The number of piperazine rings is 1. The summed E-state index contributed by atoms with van der Waals surface area (Å²) in [6.45, 7) is 10.8. The summed E-state index contributed by atoms with van der Waals surface area (Å²) < 4.78 is 23.3. The third-order valence-electron chi connectivity index (χ3n) is 4.46. The van der Waals surface area contributed by atoms with E-state index in [4.69, 9.17) is 0 Å². The predicted molar refractivity (Wildman–Crippen MR) is 98.9 cm³/mol. The number of nitro benzene ring substituents is 1. The maximum atomic E-state index is 11.6. The molecular weight excluding hydrogens is 342 g/mol. The van der Waals surface area contributed by atoms with Crippen molar-refractivity contribution in [2.45, 2.75) is 32.1 Å². The minimum Gasteiger partial charge on any atom is -0.363 e. The first-order chi connectivity index (χ1) is 11.5. The van der Waals surface area contributed by atoms with Crippen LogP contribution in [0, 0.1) is 15.5 Å². The van der Waals surface area contributed by atoms with Crippen LogP contribution in [0.15, 0.2) is 23.1 Å². The van der Waals surface area contributed by atoms with Gasteiger partial charge in [0.05, 0.1) is 9.82 Å². The van der Waals surface area contributed by atoms with Crippen LogP contribution >= 0.6 is 0 Å². The molecule has 1 aromatic rings. The van der Waals surface area contributed by atoms with Gasteiger partial charge in [0, 0.05) is 38.5 Å². The fraction of sp³-hybridized carbons (Fsp3) is 0.647. The molecule has 0 unspecified atom stereocenters. The van der Waals surface area contributed by atoms with Crippen molar-refractivity contribution in [3.63, 3.8) is 0 Å². The van der Waals surface area contributed by atoms with Crippen LogP contribution in [-0.4, -0.2) is 57.2 Å². The van der Waals surface area contributed by atoms with Gasteiger partial charge in [0.2, 0.25) is 0 Å². The monoisotopic (exact) mass is 369 g/mol. The summed E-state index contributed by atoms with van der Waals surface area (Å²) in [5.74, 6) is 0. The second-order valence-electron chi connectivity index (χ2n) is 7.82. The molecule has 0 amide bonds. The molecule has 1 aliphatic heterocycles. The molecular formula is C17H27N3O4S. The van der Waals surface area contributed by atoms with E-state index in [9.17, 15) is 18.5 Å². The van der Waals surface area contributed by atoms with Gasteiger partial charge in [-0.25, -0.2) is 8.42 Å². The van der Waals surface area contributed by atoms with Crippen LogP contribution in [0.1, 0.15) is 27.2 Å². The smallest absolute Gasteiger partial charge is 0.293 e. The number of nitro groups is 1. The average Bonchev–Trinajstić information content (AvgIpc) is 2.51. The SMILES string of the molecule is CC(C)(C)CCN1CCN(c2ccc(S(C)(=O)=O)cc2[N+](=O)[O-])CC1. The number of rotatable bonds is 5. The molecule has 1 aromatic carbocycles. The van der Waals surface area contributed by atoms with Crippen LogP contribution in [-0.2, 0) is 9.84 Å². The Balaban J connectivity index is 2.11. The van der Waals surface area contributed by atoms with Crippen LogP contribution in [0.4, 0.5) is 11.4 Å². The normalized spacial score (nSPS) is 16.9. The highest BCUT2D eigenvalue weighted by Gasteiger charge is 2.26. The van der Waals surface area contributed by atoms with Crippen LogP contribution in [0.5, 0.6) is 0 Å².